The number of aryl methyl sites for hydroxylation is 2. The molecule has 24 heavy (non-hydrogen) atoms. The van der Waals surface area contributed by atoms with E-state index in [1.54, 1.807) is 4.68 Å². The van der Waals surface area contributed by atoms with E-state index >= 15 is 0 Å². The highest BCUT2D eigenvalue weighted by Crippen LogP contribution is 2.17. The predicted molar refractivity (Wildman–Crippen MR) is 98.7 cm³/mol. The van der Waals surface area contributed by atoms with Gasteiger partial charge in [0.1, 0.15) is 5.82 Å². The fourth-order valence-corrected chi connectivity index (χ4v) is 2.59. The predicted octanol–water partition coefficient (Wildman–Crippen LogP) is 3.55. The Balaban J connectivity index is 2.09. The van der Waals surface area contributed by atoms with Gasteiger partial charge in [-0.2, -0.15) is 5.10 Å². The van der Waals surface area contributed by atoms with E-state index in [2.05, 4.69) is 36.1 Å². The maximum absolute atomic E-state index is 12.4. The van der Waals surface area contributed by atoms with Crippen LogP contribution in [0.25, 0.3) is 5.69 Å². The van der Waals surface area contributed by atoms with Gasteiger partial charge in [-0.05, 0) is 45.5 Å². The molecule has 2 rings (SSSR count). The summed E-state index contributed by atoms with van der Waals surface area (Å²) in [5.41, 5.74) is 3.02. The van der Waals surface area contributed by atoms with Crippen LogP contribution < -0.4 is 5.32 Å². The number of carbonyl (C=O) groups excluding carboxylic acids is 1. The molecule has 0 fully saturated rings. The van der Waals surface area contributed by atoms with E-state index in [0.29, 0.717) is 12.4 Å². The van der Waals surface area contributed by atoms with Crippen molar-refractivity contribution in [3.05, 3.63) is 41.6 Å². The number of anilines is 1. The van der Waals surface area contributed by atoms with E-state index in [1.807, 2.05) is 37.3 Å². The summed E-state index contributed by atoms with van der Waals surface area (Å²) in [6.07, 6.45) is 2.25. The van der Waals surface area contributed by atoms with Crippen molar-refractivity contribution in [2.45, 2.75) is 40.5 Å². The lowest BCUT2D eigenvalue weighted by Crippen LogP contribution is -2.34. The van der Waals surface area contributed by atoms with Crippen molar-refractivity contribution in [1.82, 2.24) is 14.7 Å². The van der Waals surface area contributed by atoms with Gasteiger partial charge in [0.15, 0.2) is 0 Å². The van der Waals surface area contributed by atoms with Gasteiger partial charge < -0.3 is 5.32 Å². The second-order valence-electron chi connectivity index (χ2n) is 6.19. The number of rotatable bonds is 8. The van der Waals surface area contributed by atoms with Crippen LogP contribution in [0.15, 0.2) is 30.3 Å². The third-order valence-electron chi connectivity index (χ3n) is 4.02. The van der Waals surface area contributed by atoms with Crippen molar-refractivity contribution >= 4 is 11.7 Å². The molecule has 2 aromatic rings. The zero-order valence-corrected chi connectivity index (χ0v) is 15.2. The smallest absolute Gasteiger partial charge is 0.239 e. The van der Waals surface area contributed by atoms with Crippen molar-refractivity contribution in [3.63, 3.8) is 0 Å². The molecule has 1 aromatic carbocycles. The average Bonchev–Trinajstić information content (AvgIpc) is 2.92. The molecule has 130 valence electrons. The van der Waals surface area contributed by atoms with Crippen molar-refractivity contribution < 1.29 is 4.79 Å². The SMILES string of the molecule is CCCCN(CC)CC(=O)Nc1cc(C)nn1-c1ccc(C)cc1. The third kappa shape index (κ3) is 4.93. The van der Waals surface area contributed by atoms with Gasteiger partial charge >= 0.3 is 0 Å². The lowest BCUT2D eigenvalue weighted by atomic mass is 10.2. The van der Waals surface area contributed by atoms with Gasteiger partial charge in [0, 0.05) is 6.07 Å². The maximum Gasteiger partial charge on any atom is 0.239 e. The molecule has 5 nitrogen and oxygen atoms in total. The highest BCUT2D eigenvalue weighted by atomic mass is 16.2. The summed E-state index contributed by atoms with van der Waals surface area (Å²) in [6.45, 7) is 10.5. The van der Waals surface area contributed by atoms with E-state index in [0.717, 1.165) is 37.3 Å². The van der Waals surface area contributed by atoms with Crippen LogP contribution in [0.5, 0.6) is 0 Å². The molecule has 5 heteroatoms. The first-order valence-electron chi connectivity index (χ1n) is 8.69. The van der Waals surface area contributed by atoms with Crippen molar-refractivity contribution in [3.8, 4) is 5.69 Å². The molecular formula is C19H28N4O. The number of hydrogen-bond donors (Lipinski definition) is 1. The number of hydrogen-bond acceptors (Lipinski definition) is 3. The molecule has 0 aliphatic carbocycles. The number of likely N-dealkylation sites (N-methyl/N-ethyl adjacent to an activating group) is 1. The number of aromatic nitrogens is 2. The van der Waals surface area contributed by atoms with Gasteiger partial charge in [-0.15, -0.1) is 0 Å². The molecular weight excluding hydrogens is 300 g/mol. The highest BCUT2D eigenvalue weighted by Gasteiger charge is 2.13. The molecule has 0 atom stereocenters. The molecule has 0 spiro atoms. The second-order valence-corrected chi connectivity index (χ2v) is 6.19. The van der Waals surface area contributed by atoms with Crippen molar-refractivity contribution in [2.24, 2.45) is 0 Å². The normalized spacial score (nSPS) is 11.0. The zero-order chi connectivity index (χ0) is 17.5. The summed E-state index contributed by atoms with van der Waals surface area (Å²) < 4.78 is 1.79. The maximum atomic E-state index is 12.4. The lowest BCUT2D eigenvalue weighted by Gasteiger charge is -2.19. The first-order chi connectivity index (χ1) is 11.5. The quantitative estimate of drug-likeness (QED) is 0.806. The Labute approximate surface area is 144 Å². The van der Waals surface area contributed by atoms with Crippen LogP contribution in [0.3, 0.4) is 0 Å². The number of carbonyl (C=O) groups is 1. The van der Waals surface area contributed by atoms with Crippen molar-refractivity contribution in [1.29, 1.82) is 0 Å². The minimum absolute atomic E-state index is 0.00112. The molecule has 0 saturated heterocycles. The van der Waals surface area contributed by atoms with Crippen LogP contribution in [0.1, 0.15) is 37.9 Å². The van der Waals surface area contributed by atoms with Gasteiger partial charge in [0.2, 0.25) is 5.91 Å². The van der Waals surface area contributed by atoms with Crippen LogP contribution >= 0.6 is 0 Å². The summed E-state index contributed by atoms with van der Waals surface area (Å²) >= 11 is 0. The zero-order valence-electron chi connectivity index (χ0n) is 15.2. The molecule has 0 bridgehead atoms. The fourth-order valence-electron chi connectivity index (χ4n) is 2.59. The second kappa shape index (κ2) is 8.64. The van der Waals surface area contributed by atoms with Crippen LogP contribution in [-0.2, 0) is 4.79 Å². The molecule has 1 amide bonds. The molecule has 1 aromatic heterocycles. The Hall–Kier alpha value is -2.14. The fraction of sp³-hybridized carbons (Fsp3) is 0.474. The Morgan fingerprint density at radius 1 is 1.21 bits per heavy atom. The van der Waals surface area contributed by atoms with Crippen LogP contribution in [-0.4, -0.2) is 40.2 Å². The summed E-state index contributed by atoms with van der Waals surface area (Å²) in [4.78, 5) is 14.6. The highest BCUT2D eigenvalue weighted by molar-refractivity contribution is 5.91. The number of amides is 1. The molecule has 0 saturated carbocycles. The van der Waals surface area contributed by atoms with Gasteiger partial charge in [-0.25, -0.2) is 4.68 Å². The number of nitrogens with one attached hydrogen (secondary N) is 1. The van der Waals surface area contributed by atoms with Gasteiger partial charge in [0.05, 0.1) is 17.9 Å². The monoisotopic (exact) mass is 328 g/mol. The minimum atomic E-state index is 0.00112. The van der Waals surface area contributed by atoms with Gasteiger partial charge in [-0.3, -0.25) is 9.69 Å². The summed E-state index contributed by atoms with van der Waals surface area (Å²) in [6, 6.07) is 10.0. The molecule has 0 aliphatic heterocycles. The Morgan fingerprint density at radius 2 is 1.92 bits per heavy atom. The van der Waals surface area contributed by atoms with Crippen LogP contribution in [0, 0.1) is 13.8 Å². The van der Waals surface area contributed by atoms with Crippen molar-refractivity contribution in [2.75, 3.05) is 25.0 Å². The molecule has 1 heterocycles. The number of unbranched alkanes of at least 4 members (excludes halogenated alkanes) is 1. The van der Waals surface area contributed by atoms with Crippen LogP contribution in [0.2, 0.25) is 0 Å². The Bertz CT molecular complexity index is 661. The molecule has 0 radical (unpaired) electrons. The summed E-state index contributed by atoms with van der Waals surface area (Å²) in [5.74, 6) is 0.717. The summed E-state index contributed by atoms with van der Waals surface area (Å²) in [7, 11) is 0. The van der Waals surface area contributed by atoms with Gasteiger partial charge in [0.25, 0.3) is 0 Å². The molecule has 0 aliphatic rings. The standard InChI is InChI=1S/C19H28N4O/c1-5-7-12-22(6-2)14-19(24)20-18-13-16(4)21-23(18)17-10-8-15(3)9-11-17/h8-11,13H,5-7,12,14H2,1-4H3,(H,20,24). The molecule has 1 N–H and O–H groups in total. The topological polar surface area (TPSA) is 50.2 Å². The lowest BCUT2D eigenvalue weighted by molar-refractivity contribution is -0.117. The van der Waals surface area contributed by atoms with E-state index in [1.165, 1.54) is 5.56 Å². The molecule has 0 unspecified atom stereocenters. The first-order valence-corrected chi connectivity index (χ1v) is 8.69. The minimum Gasteiger partial charge on any atom is -0.309 e. The van der Waals surface area contributed by atoms with E-state index in [-0.39, 0.29) is 5.91 Å². The number of nitrogens with zero attached hydrogens (tertiary/aromatic N) is 3. The van der Waals surface area contributed by atoms with E-state index in [4.69, 9.17) is 0 Å². The average molecular weight is 328 g/mol. The summed E-state index contributed by atoms with van der Waals surface area (Å²) in [5, 5.41) is 7.51. The van der Waals surface area contributed by atoms with Gasteiger partial charge in [-0.1, -0.05) is 38.0 Å². The third-order valence-corrected chi connectivity index (χ3v) is 4.02. The van der Waals surface area contributed by atoms with E-state index in [9.17, 15) is 4.79 Å². The van der Waals surface area contributed by atoms with E-state index < -0.39 is 0 Å². The Kier molecular flexibility index (Phi) is 6.55. The largest absolute Gasteiger partial charge is 0.309 e. The number of benzene rings is 1. The van der Waals surface area contributed by atoms with Crippen LogP contribution in [0.4, 0.5) is 5.82 Å². The Morgan fingerprint density at radius 3 is 2.54 bits per heavy atom. The first kappa shape index (κ1) is 18.2.